The predicted molar refractivity (Wildman–Crippen MR) is 54.8 cm³/mol. The summed E-state index contributed by atoms with van der Waals surface area (Å²) in [5.41, 5.74) is 8.73. The van der Waals surface area contributed by atoms with Gasteiger partial charge in [-0.1, -0.05) is 0 Å². The Morgan fingerprint density at radius 2 is 2.21 bits per heavy atom. The maximum Gasteiger partial charge on any atom is 0.136 e. The van der Waals surface area contributed by atoms with Gasteiger partial charge in [-0.25, -0.2) is 0 Å². The molecular weight excluding hydrogens is 176 g/mol. The third kappa shape index (κ3) is 1.78. The minimum atomic E-state index is -0.208. The summed E-state index contributed by atoms with van der Waals surface area (Å²) in [7, 11) is 0. The Balaban J connectivity index is 3.11. The summed E-state index contributed by atoms with van der Waals surface area (Å²) in [6.07, 6.45) is 0.829. The quantitative estimate of drug-likeness (QED) is 0.779. The van der Waals surface area contributed by atoms with Crippen molar-refractivity contribution >= 4 is 0 Å². The van der Waals surface area contributed by atoms with Crippen molar-refractivity contribution in [3.63, 3.8) is 0 Å². The molecule has 4 nitrogen and oxygen atoms in total. The molecule has 1 heterocycles. The Morgan fingerprint density at radius 1 is 1.57 bits per heavy atom. The summed E-state index contributed by atoms with van der Waals surface area (Å²) in [4.78, 5) is 0. The number of nitriles is 1. The Kier molecular flexibility index (Phi) is 3.26. The molecule has 0 spiro atoms. The minimum Gasteiger partial charge on any atom is -0.330 e. The van der Waals surface area contributed by atoms with Crippen molar-refractivity contribution in [1.82, 2.24) is 9.78 Å². The standard InChI is InChI=1S/C10H16N4/c1-7(6-12)14-9(3)10(4-5-11)8(2)13-14/h7H,4-5,11H2,1-3H3. The van der Waals surface area contributed by atoms with Crippen LogP contribution in [0.15, 0.2) is 0 Å². The zero-order valence-electron chi connectivity index (χ0n) is 8.91. The van der Waals surface area contributed by atoms with Crippen LogP contribution in [0, 0.1) is 25.2 Å². The van der Waals surface area contributed by atoms with E-state index in [2.05, 4.69) is 11.2 Å². The van der Waals surface area contributed by atoms with Crippen molar-refractivity contribution in [3.8, 4) is 6.07 Å². The van der Waals surface area contributed by atoms with Gasteiger partial charge in [-0.15, -0.1) is 0 Å². The zero-order chi connectivity index (χ0) is 10.7. The Bertz CT molecular complexity index is 359. The maximum absolute atomic E-state index is 8.81. The van der Waals surface area contributed by atoms with Crippen molar-refractivity contribution in [2.24, 2.45) is 5.73 Å². The van der Waals surface area contributed by atoms with Gasteiger partial charge in [0.2, 0.25) is 0 Å². The first kappa shape index (κ1) is 10.7. The molecular formula is C10H16N4. The van der Waals surface area contributed by atoms with E-state index < -0.39 is 0 Å². The molecule has 4 heteroatoms. The normalized spacial score (nSPS) is 12.5. The molecule has 0 fully saturated rings. The first-order valence-corrected chi connectivity index (χ1v) is 4.76. The van der Waals surface area contributed by atoms with Gasteiger partial charge in [-0.2, -0.15) is 10.4 Å². The molecule has 0 amide bonds. The molecule has 2 N–H and O–H groups in total. The number of nitrogens with two attached hydrogens (primary N) is 1. The zero-order valence-corrected chi connectivity index (χ0v) is 8.91. The molecule has 1 aromatic heterocycles. The van der Waals surface area contributed by atoms with E-state index in [-0.39, 0.29) is 6.04 Å². The topological polar surface area (TPSA) is 67.6 Å². The lowest BCUT2D eigenvalue weighted by Gasteiger charge is -2.05. The molecule has 0 aliphatic heterocycles. The van der Waals surface area contributed by atoms with E-state index in [4.69, 9.17) is 11.0 Å². The highest BCUT2D eigenvalue weighted by molar-refractivity contribution is 5.25. The van der Waals surface area contributed by atoms with Crippen LogP contribution in [0.5, 0.6) is 0 Å². The second-order valence-electron chi connectivity index (χ2n) is 3.44. The molecule has 0 bridgehead atoms. The SMILES string of the molecule is Cc1nn(C(C)C#N)c(C)c1CCN. The van der Waals surface area contributed by atoms with Gasteiger partial charge in [0.15, 0.2) is 0 Å². The minimum absolute atomic E-state index is 0.208. The molecule has 1 aromatic rings. The van der Waals surface area contributed by atoms with Crippen LogP contribution in [-0.2, 0) is 6.42 Å². The van der Waals surface area contributed by atoms with Crippen LogP contribution in [0.25, 0.3) is 0 Å². The third-order valence-electron chi connectivity index (χ3n) is 2.42. The van der Waals surface area contributed by atoms with Crippen LogP contribution < -0.4 is 5.73 Å². The lowest BCUT2D eigenvalue weighted by molar-refractivity contribution is 0.570. The smallest absolute Gasteiger partial charge is 0.136 e. The highest BCUT2D eigenvalue weighted by atomic mass is 15.3. The van der Waals surface area contributed by atoms with Crippen LogP contribution in [0.2, 0.25) is 0 Å². The lowest BCUT2D eigenvalue weighted by atomic mass is 10.1. The van der Waals surface area contributed by atoms with Gasteiger partial charge in [0.25, 0.3) is 0 Å². The summed E-state index contributed by atoms with van der Waals surface area (Å²) >= 11 is 0. The van der Waals surface area contributed by atoms with Gasteiger partial charge in [0, 0.05) is 5.69 Å². The monoisotopic (exact) mass is 192 g/mol. The lowest BCUT2D eigenvalue weighted by Crippen LogP contribution is -2.08. The van der Waals surface area contributed by atoms with Crippen LogP contribution in [-0.4, -0.2) is 16.3 Å². The summed E-state index contributed by atoms with van der Waals surface area (Å²) in [5, 5.41) is 13.1. The van der Waals surface area contributed by atoms with E-state index in [1.165, 1.54) is 5.56 Å². The third-order valence-corrected chi connectivity index (χ3v) is 2.42. The van der Waals surface area contributed by atoms with Gasteiger partial charge in [0.1, 0.15) is 6.04 Å². The average Bonchev–Trinajstić information content (AvgIpc) is 2.45. The van der Waals surface area contributed by atoms with Crippen molar-refractivity contribution in [2.45, 2.75) is 33.2 Å². The Labute approximate surface area is 84.3 Å². The first-order chi connectivity index (χ1) is 6.61. The maximum atomic E-state index is 8.81. The number of hydrogen-bond acceptors (Lipinski definition) is 3. The Morgan fingerprint density at radius 3 is 2.71 bits per heavy atom. The van der Waals surface area contributed by atoms with Crippen LogP contribution in [0.3, 0.4) is 0 Å². The van der Waals surface area contributed by atoms with Crippen molar-refractivity contribution in [2.75, 3.05) is 6.54 Å². The number of hydrogen-bond donors (Lipinski definition) is 1. The van der Waals surface area contributed by atoms with E-state index in [0.717, 1.165) is 17.8 Å². The molecule has 1 unspecified atom stereocenters. The number of nitrogens with zero attached hydrogens (tertiary/aromatic N) is 3. The van der Waals surface area contributed by atoms with Gasteiger partial charge >= 0.3 is 0 Å². The Hall–Kier alpha value is -1.34. The summed E-state index contributed by atoms with van der Waals surface area (Å²) < 4.78 is 1.76. The van der Waals surface area contributed by atoms with E-state index in [1.54, 1.807) is 4.68 Å². The molecule has 1 rings (SSSR count). The van der Waals surface area contributed by atoms with Crippen molar-refractivity contribution in [1.29, 1.82) is 5.26 Å². The highest BCUT2D eigenvalue weighted by Crippen LogP contribution is 2.16. The number of rotatable bonds is 3. The second kappa shape index (κ2) is 4.25. The fourth-order valence-corrected chi connectivity index (χ4v) is 1.63. The molecule has 0 aliphatic carbocycles. The molecule has 0 aromatic carbocycles. The molecule has 14 heavy (non-hydrogen) atoms. The van der Waals surface area contributed by atoms with Crippen LogP contribution >= 0.6 is 0 Å². The van der Waals surface area contributed by atoms with E-state index in [9.17, 15) is 0 Å². The van der Waals surface area contributed by atoms with Gasteiger partial charge in [0.05, 0.1) is 11.8 Å². The highest BCUT2D eigenvalue weighted by Gasteiger charge is 2.14. The number of aromatic nitrogens is 2. The van der Waals surface area contributed by atoms with Crippen LogP contribution in [0.1, 0.15) is 29.9 Å². The fraction of sp³-hybridized carbons (Fsp3) is 0.600. The summed E-state index contributed by atoms with van der Waals surface area (Å²) in [6.45, 7) is 6.40. The molecule has 0 saturated carbocycles. The molecule has 0 aliphatic rings. The molecule has 0 saturated heterocycles. The van der Waals surface area contributed by atoms with E-state index in [1.807, 2.05) is 20.8 Å². The fourth-order valence-electron chi connectivity index (χ4n) is 1.63. The van der Waals surface area contributed by atoms with Crippen LogP contribution in [0.4, 0.5) is 0 Å². The van der Waals surface area contributed by atoms with E-state index >= 15 is 0 Å². The molecule has 76 valence electrons. The van der Waals surface area contributed by atoms with Gasteiger partial charge < -0.3 is 5.73 Å². The summed E-state index contributed by atoms with van der Waals surface area (Å²) in [5.74, 6) is 0. The first-order valence-electron chi connectivity index (χ1n) is 4.76. The average molecular weight is 192 g/mol. The van der Waals surface area contributed by atoms with Crippen molar-refractivity contribution in [3.05, 3.63) is 17.0 Å². The van der Waals surface area contributed by atoms with Gasteiger partial charge in [-0.05, 0) is 39.3 Å². The van der Waals surface area contributed by atoms with Gasteiger partial charge in [-0.3, -0.25) is 4.68 Å². The van der Waals surface area contributed by atoms with Crippen molar-refractivity contribution < 1.29 is 0 Å². The summed E-state index contributed by atoms with van der Waals surface area (Å²) in [6, 6.07) is 1.97. The molecule has 0 radical (unpaired) electrons. The van der Waals surface area contributed by atoms with E-state index in [0.29, 0.717) is 6.54 Å². The number of aryl methyl sites for hydroxylation is 1. The largest absolute Gasteiger partial charge is 0.330 e. The molecule has 1 atom stereocenters. The second-order valence-corrected chi connectivity index (χ2v) is 3.44. The predicted octanol–water partition coefficient (Wildman–Crippen LogP) is 1.09.